The fourth-order valence-corrected chi connectivity index (χ4v) is 0.446. The second-order valence-electron chi connectivity index (χ2n) is 2.07. The lowest BCUT2D eigenvalue weighted by Gasteiger charge is -2.05. The van der Waals surface area contributed by atoms with E-state index in [1.165, 1.54) is 6.08 Å². The quantitative estimate of drug-likeness (QED) is 0.613. The Balaban J connectivity index is 3.57. The number of hydrogen-bond donors (Lipinski definition) is 2. The van der Waals surface area contributed by atoms with Gasteiger partial charge in [-0.2, -0.15) is 0 Å². The Labute approximate surface area is 74.2 Å². The number of carbonyl (C=O) groups is 2. The molecule has 0 heterocycles. The smallest absolute Gasteiger partial charge is 0.407 e. The minimum Gasteiger partial charge on any atom is -0.479 e. The van der Waals surface area contributed by atoms with Gasteiger partial charge in [0, 0.05) is 0 Å². The highest BCUT2D eigenvalue weighted by Crippen LogP contribution is 1.88. The summed E-state index contributed by atoms with van der Waals surface area (Å²) >= 11 is 0. The predicted octanol–water partition coefficient (Wildman–Crippen LogP) is 0.321. The summed E-state index contributed by atoms with van der Waals surface area (Å²) in [6.07, 6.45) is -1.65. The Kier molecular flexibility index (Phi) is 5.25. The first-order chi connectivity index (χ1) is 6.07. The number of carboxylic acid groups (broad SMARTS) is 1. The third-order valence-corrected chi connectivity index (χ3v) is 1.03. The van der Waals surface area contributed by atoms with Gasteiger partial charge in [0.25, 0.3) is 0 Å². The zero-order valence-electron chi connectivity index (χ0n) is 6.83. The number of nitrogens with one attached hydrogen (secondary N) is 1. The van der Waals surface area contributed by atoms with Crippen LogP contribution in [-0.2, 0) is 9.53 Å². The number of carboxylic acids is 1. The van der Waals surface area contributed by atoms with Gasteiger partial charge in [-0.05, 0) is 0 Å². The first-order valence-electron chi connectivity index (χ1n) is 3.46. The number of hydrogen-bond acceptors (Lipinski definition) is 3. The van der Waals surface area contributed by atoms with Gasteiger partial charge in [0.2, 0.25) is 6.17 Å². The normalized spacial score (nSPS) is 11.5. The van der Waals surface area contributed by atoms with Gasteiger partial charge in [0.15, 0.2) is 0 Å². The summed E-state index contributed by atoms with van der Waals surface area (Å²) < 4.78 is 16.7. The lowest BCUT2D eigenvalue weighted by molar-refractivity contribution is -0.142. The molecule has 5 nitrogen and oxygen atoms in total. The van der Waals surface area contributed by atoms with Gasteiger partial charge >= 0.3 is 12.1 Å². The number of halogens is 1. The number of alkyl carbamates (subject to hydrolysis) is 1. The molecule has 0 rings (SSSR count). The van der Waals surface area contributed by atoms with E-state index in [9.17, 15) is 14.0 Å². The Bertz CT molecular complexity index is 207. The van der Waals surface area contributed by atoms with Gasteiger partial charge in [0.05, 0.1) is 6.54 Å². The Morgan fingerprint density at radius 3 is 2.77 bits per heavy atom. The van der Waals surface area contributed by atoms with E-state index in [0.717, 1.165) is 0 Å². The molecule has 0 radical (unpaired) electrons. The number of amides is 1. The molecule has 0 saturated carbocycles. The number of carbonyl (C=O) groups excluding carboxylic acids is 1. The van der Waals surface area contributed by atoms with Gasteiger partial charge in [-0.15, -0.1) is 0 Å². The van der Waals surface area contributed by atoms with Crippen LogP contribution in [0, 0.1) is 0 Å². The van der Waals surface area contributed by atoms with Crippen molar-refractivity contribution in [1.82, 2.24) is 5.32 Å². The third-order valence-electron chi connectivity index (χ3n) is 1.03. The van der Waals surface area contributed by atoms with E-state index in [1.54, 1.807) is 0 Å². The number of alkyl halides is 1. The van der Waals surface area contributed by atoms with Crippen molar-refractivity contribution in [2.45, 2.75) is 6.17 Å². The minimum absolute atomic E-state index is 0.00411. The maximum Gasteiger partial charge on any atom is 0.407 e. The van der Waals surface area contributed by atoms with Crippen molar-refractivity contribution in [2.24, 2.45) is 0 Å². The van der Waals surface area contributed by atoms with Crippen LogP contribution in [0.2, 0.25) is 0 Å². The highest BCUT2D eigenvalue weighted by molar-refractivity contribution is 5.74. The third kappa shape index (κ3) is 5.66. The van der Waals surface area contributed by atoms with E-state index < -0.39 is 24.8 Å². The molecule has 2 N–H and O–H groups in total. The zero-order chi connectivity index (χ0) is 10.3. The second-order valence-corrected chi connectivity index (χ2v) is 2.07. The molecule has 0 spiro atoms. The SMILES string of the molecule is C=CCOC(=O)NC[C@H](F)C(=O)O. The molecule has 0 aromatic rings. The number of ether oxygens (including phenoxy) is 1. The van der Waals surface area contributed by atoms with Crippen molar-refractivity contribution in [3.8, 4) is 0 Å². The lowest BCUT2D eigenvalue weighted by Crippen LogP contribution is -2.34. The van der Waals surface area contributed by atoms with E-state index in [0.29, 0.717) is 0 Å². The average molecular weight is 191 g/mol. The van der Waals surface area contributed by atoms with Gasteiger partial charge in [-0.3, -0.25) is 0 Å². The Hall–Kier alpha value is -1.59. The topological polar surface area (TPSA) is 75.6 Å². The summed E-state index contributed by atoms with van der Waals surface area (Å²) in [5.74, 6) is -1.62. The zero-order valence-corrected chi connectivity index (χ0v) is 6.83. The molecular formula is C7H10FNO4. The van der Waals surface area contributed by atoms with Crippen molar-refractivity contribution >= 4 is 12.1 Å². The van der Waals surface area contributed by atoms with Crippen LogP contribution in [0.15, 0.2) is 12.7 Å². The average Bonchev–Trinajstić information content (AvgIpc) is 2.10. The van der Waals surface area contributed by atoms with Crippen LogP contribution in [0.4, 0.5) is 9.18 Å². The van der Waals surface area contributed by atoms with Crippen molar-refractivity contribution in [3.63, 3.8) is 0 Å². The van der Waals surface area contributed by atoms with Crippen LogP contribution in [0.25, 0.3) is 0 Å². The number of aliphatic carboxylic acids is 1. The standard InChI is InChI=1S/C7H10FNO4/c1-2-3-13-7(12)9-4-5(8)6(10)11/h2,5H,1,3-4H2,(H,9,12)(H,10,11)/t5-/m0/s1. The molecule has 0 bridgehead atoms. The maximum absolute atomic E-state index is 12.3. The van der Waals surface area contributed by atoms with E-state index in [-0.39, 0.29) is 6.61 Å². The molecule has 1 atom stereocenters. The highest BCUT2D eigenvalue weighted by Gasteiger charge is 2.16. The Morgan fingerprint density at radius 1 is 1.69 bits per heavy atom. The van der Waals surface area contributed by atoms with E-state index in [2.05, 4.69) is 11.3 Å². The van der Waals surface area contributed by atoms with Crippen LogP contribution in [0.1, 0.15) is 0 Å². The molecule has 0 unspecified atom stereocenters. The fourth-order valence-electron chi connectivity index (χ4n) is 0.446. The molecule has 0 aromatic carbocycles. The van der Waals surface area contributed by atoms with Crippen molar-refractivity contribution in [2.75, 3.05) is 13.2 Å². The number of rotatable bonds is 5. The van der Waals surface area contributed by atoms with Crippen LogP contribution >= 0.6 is 0 Å². The van der Waals surface area contributed by atoms with Crippen LogP contribution in [0.5, 0.6) is 0 Å². The minimum atomic E-state index is -2.11. The molecule has 0 aromatic heterocycles. The summed E-state index contributed by atoms with van der Waals surface area (Å²) in [6, 6.07) is 0. The monoisotopic (exact) mass is 191 g/mol. The predicted molar refractivity (Wildman–Crippen MR) is 42.1 cm³/mol. The van der Waals surface area contributed by atoms with E-state index >= 15 is 0 Å². The van der Waals surface area contributed by atoms with Crippen molar-refractivity contribution in [1.29, 1.82) is 0 Å². The van der Waals surface area contributed by atoms with E-state index in [4.69, 9.17) is 5.11 Å². The van der Waals surface area contributed by atoms with Crippen molar-refractivity contribution < 1.29 is 23.8 Å². The molecule has 0 fully saturated rings. The van der Waals surface area contributed by atoms with Crippen LogP contribution in [-0.4, -0.2) is 36.5 Å². The summed E-state index contributed by atoms with van der Waals surface area (Å²) in [4.78, 5) is 20.5. The Morgan fingerprint density at radius 2 is 2.31 bits per heavy atom. The van der Waals surface area contributed by atoms with Gasteiger partial charge in [-0.1, -0.05) is 12.7 Å². The second kappa shape index (κ2) is 5.99. The van der Waals surface area contributed by atoms with Gasteiger partial charge in [-0.25, -0.2) is 14.0 Å². The molecule has 0 saturated heterocycles. The molecular weight excluding hydrogens is 181 g/mol. The van der Waals surface area contributed by atoms with Gasteiger partial charge in [0.1, 0.15) is 6.61 Å². The fraction of sp³-hybridized carbons (Fsp3) is 0.429. The van der Waals surface area contributed by atoms with Crippen molar-refractivity contribution in [3.05, 3.63) is 12.7 Å². The summed E-state index contributed by atoms with van der Waals surface area (Å²) in [6.45, 7) is 2.67. The van der Waals surface area contributed by atoms with Crippen LogP contribution < -0.4 is 5.32 Å². The molecule has 6 heteroatoms. The molecule has 1 amide bonds. The molecule has 0 aliphatic carbocycles. The molecule has 0 aliphatic rings. The largest absolute Gasteiger partial charge is 0.479 e. The highest BCUT2D eigenvalue weighted by atomic mass is 19.1. The van der Waals surface area contributed by atoms with Crippen LogP contribution in [0.3, 0.4) is 0 Å². The summed E-state index contributed by atoms with van der Waals surface area (Å²) in [7, 11) is 0. The molecule has 74 valence electrons. The molecule has 13 heavy (non-hydrogen) atoms. The van der Waals surface area contributed by atoms with E-state index in [1.807, 2.05) is 5.32 Å². The first-order valence-corrected chi connectivity index (χ1v) is 3.46. The maximum atomic E-state index is 12.3. The van der Waals surface area contributed by atoms with Gasteiger partial charge < -0.3 is 15.2 Å². The lowest BCUT2D eigenvalue weighted by atomic mass is 10.4. The molecule has 0 aliphatic heterocycles. The summed E-state index contributed by atoms with van der Waals surface area (Å²) in [5.41, 5.74) is 0. The first kappa shape index (κ1) is 11.4. The summed E-state index contributed by atoms with van der Waals surface area (Å²) in [5, 5.41) is 10.0.